The molecule has 27 heavy (non-hydrogen) atoms. The van der Waals surface area contributed by atoms with Crippen LogP contribution in [-0.2, 0) is 14.0 Å². The van der Waals surface area contributed by atoms with Crippen LogP contribution >= 0.6 is 11.6 Å². The smallest absolute Gasteiger partial charge is 0.444 e. The number of rotatable bonds is 4. The Balaban J connectivity index is 2.22. The van der Waals surface area contributed by atoms with Gasteiger partial charge >= 0.3 is 13.2 Å². The van der Waals surface area contributed by atoms with Crippen molar-refractivity contribution in [1.29, 1.82) is 0 Å². The fourth-order valence-electron chi connectivity index (χ4n) is 2.30. The molecule has 0 aliphatic carbocycles. The van der Waals surface area contributed by atoms with Crippen LogP contribution in [0.15, 0.2) is 17.9 Å². The maximum Gasteiger partial charge on any atom is 0.492 e. The zero-order valence-corrected chi connectivity index (χ0v) is 17.7. The molecule has 9 heteroatoms. The van der Waals surface area contributed by atoms with Gasteiger partial charge in [0.1, 0.15) is 5.60 Å². The second kappa shape index (κ2) is 7.77. The molecule has 0 radical (unpaired) electrons. The highest BCUT2D eigenvalue weighted by molar-refractivity contribution is 6.56. The van der Waals surface area contributed by atoms with Crippen molar-refractivity contribution in [2.24, 2.45) is 0 Å². The number of hydrogen-bond donors (Lipinski definition) is 1. The molecule has 1 aliphatic heterocycles. The zero-order valence-electron chi connectivity index (χ0n) is 16.9. The first kappa shape index (κ1) is 21.7. The van der Waals surface area contributed by atoms with Gasteiger partial charge in [0.2, 0.25) is 5.28 Å². The van der Waals surface area contributed by atoms with Crippen molar-refractivity contribution in [3.63, 3.8) is 0 Å². The molecule has 0 bridgehead atoms. The van der Waals surface area contributed by atoms with Gasteiger partial charge in [-0.15, -0.1) is 0 Å². The van der Waals surface area contributed by atoms with Crippen LogP contribution < -0.4 is 5.32 Å². The van der Waals surface area contributed by atoms with Crippen molar-refractivity contribution in [1.82, 2.24) is 15.3 Å². The second-order valence-corrected chi connectivity index (χ2v) is 8.79. The molecule has 1 aliphatic rings. The molecule has 1 N–H and O–H groups in total. The number of alkyl carbamates (subject to hydrolysis) is 1. The van der Waals surface area contributed by atoms with E-state index >= 15 is 0 Å². The molecule has 0 unspecified atom stereocenters. The fourth-order valence-corrected chi connectivity index (χ4v) is 2.39. The Morgan fingerprint density at radius 2 is 1.74 bits per heavy atom. The molecular weight excluding hydrogens is 368 g/mol. The monoisotopic (exact) mass is 395 g/mol. The van der Waals surface area contributed by atoms with Crippen LogP contribution in [0.2, 0.25) is 5.28 Å². The van der Waals surface area contributed by atoms with E-state index in [1.54, 1.807) is 12.4 Å². The van der Waals surface area contributed by atoms with Crippen molar-refractivity contribution in [3.05, 3.63) is 28.7 Å². The molecule has 0 aromatic carbocycles. The van der Waals surface area contributed by atoms with Crippen LogP contribution in [0.25, 0.3) is 6.08 Å². The molecule has 1 amide bonds. The van der Waals surface area contributed by atoms with E-state index in [0.29, 0.717) is 5.47 Å². The highest BCUT2D eigenvalue weighted by Gasteiger charge is 2.52. The molecule has 7 nitrogen and oxygen atoms in total. The van der Waals surface area contributed by atoms with Crippen molar-refractivity contribution in [2.45, 2.75) is 65.3 Å². The normalized spacial score (nSPS) is 19.1. The van der Waals surface area contributed by atoms with E-state index in [1.807, 2.05) is 54.5 Å². The minimum Gasteiger partial charge on any atom is -0.444 e. The summed E-state index contributed by atoms with van der Waals surface area (Å²) >= 11 is 5.75. The minimum absolute atomic E-state index is 0.163. The largest absolute Gasteiger partial charge is 0.492 e. The van der Waals surface area contributed by atoms with Gasteiger partial charge in [0.15, 0.2) is 0 Å². The number of halogens is 1. The van der Waals surface area contributed by atoms with E-state index in [9.17, 15) is 4.79 Å². The first-order valence-corrected chi connectivity index (χ1v) is 9.17. The van der Waals surface area contributed by atoms with Gasteiger partial charge in [-0.1, -0.05) is 6.08 Å². The summed E-state index contributed by atoms with van der Waals surface area (Å²) in [5.74, 6) is 0. The van der Waals surface area contributed by atoms with Crippen LogP contribution in [0, 0.1) is 0 Å². The Hall–Kier alpha value is -1.64. The van der Waals surface area contributed by atoms with E-state index in [0.717, 1.165) is 5.56 Å². The van der Waals surface area contributed by atoms with Crippen molar-refractivity contribution >= 4 is 30.9 Å². The first-order chi connectivity index (χ1) is 12.3. The Morgan fingerprint density at radius 3 is 2.22 bits per heavy atom. The molecule has 0 atom stereocenters. The van der Waals surface area contributed by atoms with Gasteiger partial charge in [0, 0.05) is 24.5 Å². The van der Waals surface area contributed by atoms with Crippen LogP contribution in [0.3, 0.4) is 0 Å². The number of amides is 1. The predicted octanol–water partition coefficient (Wildman–Crippen LogP) is 3.67. The van der Waals surface area contributed by atoms with Gasteiger partial charge in [-0.25, -0.2) is 14.8 Å². The molecule has 1 aromatic rings. The van der Waals surface area contributed by atoms with Gasteiger partial charge < -0.3 is 19.4 Å². The number of hydrogen-bond acceptors (Lipinski definition) is 6. The lowest BCUT2D eigenvalue weighted by molar-refractivity contribution is 0.00578. The third-order valence-corrected chi connectivity index (χ3v) is 4.58. The van der Waals surface area contributed by atoms with Crippen LogP contribution in [0.4, 0.5) is 4.79 Å². The van der Waals surface area contributed by atoms with Gasteiger partial charge in [-0.05, 0) is 65.5 Å². The summed E-state index contributed by atoms with van der Waals surface area (Å²) < 4.78 is 17.5. The van der Waals surface area contributed by atoms with Crippen molar-refractivity contribution in [3.8, 4) is 0 Å². The predicted molar refractivity (Wildman–Crippen MR) is 105 cm³/mol. The maximum absolute atomic E-state index is 12.0. The fraction of sp³-hybridized carbons (Fsp3) is 0.611. The van der Waals surface area contributed by atoms with E-state index in [-0.39, 0.29) is 11.8 Å². The van der Waals surface area contributed by atoms with Crippen LogP contribution in [0.1, 0.15) is 54.0 Å². The lowest BCUT2D eigenvalue weighted by Gasteiger charge is -2.32. The highest BCUT2D eigenvalue weighted by Crippen LogP contribution is 2.38. The number of ether oxygens (including phenoxy) is 1. The molecular formula is C18H27BClN3O4. The zero-order chi connectivity index (χ0) is 20.5. The van der Waals surface area contributed by atoms with E-state index in [2.05, 4.69) is 15.3 Å². The van der Waals surface area contributed by atoms with E-state index in [1.165, 1.54) is 0 Å². The standard InChI is InChI=1S/C18H27BClN3O4/c1-16(2,3)25-15(24)23-11-13(8-12-9-21-14(20)22-10-12)19-26-17(4,5)18(6,7)27-19/h8-10H,11H2,1-7H3,(H,23,24). The second-order valence-electron chi connectivity index (χ2n) is 8.45. The average Bonchev–Trinajstić information content (AvgIpc) is 2.72. The van der Waals surface area contributed by atoms with Gasteiger partial charge in [0.25, 0.3) is 0 Å². The van der Waals surface area contributed by atoms with Gasteiger partial charge in [-0.3, -0.25) is 0 Å². The van der Waals surface area contributed by atoms with Crippen molar-refractivity contribution in [2.75, 3.05) is 6.54 Å². The third kappa shape index (κ3) is 5.92. The Morgan fingerprint density at radius 1 is 1.22 bits per heavy atom. The molecule has 2 rings (SSSR count). The summed E-state index contributed by atoms with van der Waals surface area (Å²) in [6.07, 6.45) is 4.48. The first-order valence-electron chi connectivity index (χ1n) is 8.80. The summed E-state index contributed by atoms with van der Waals surface area (Å²) in [5.41, 5.74) is -0.152. The lowest BCUT2D eigenvalue weighted by Crippen LogP contribution is -2.41. The Kier molecular flexibility index (Phi) is 6.24. The molecule has 1 saturated heterocycles. The maximum atomic E-state index is 12.0. The molecule has 1 aromatic heterocycles. The topological polar surface area (TPSA) is 82.6 Å². The van der Waals surface area contributed by atoms with E-state index in [4.69, 9.17) is 25.6 Å². The minimum atomic E-state index is -0.624. The quantitative estimate of drug-likeness (QED) is 0.618. The highest BCUT2D eigenvalue weighted by atomic mass is 35.5. The number of carbonyl (C=O) groups is 1. The summed E-state index contributed by atoms with van der Waals surface area (Å²) in [6, 6.07) is 0. The molecule has 1 fully saturated rings. The number of nitrogens with zero attached hydrogens (tertiary/aromatic N) is 2. The van der Waals surface area contributed by atoms with Crippen LogP contribution in [-0.4, -0.2) is 46.5 Å². The molecule has 2 heterocycles. The number of nitrogens with one attached hydrogen (secondary N) is 1. The lowest BCUT2D eigenvalue weighted by atomic mass is 9.77. The molecule has 148 valence electrons. The van der Waals surface area contributed by atoms with Crippen LogP contribution in [0.5, 0.6) is 0 Å². The summed E-state index contributed by atoms with van der Waals surface area (Å²) in [4.78, 5) is 20.0. The average molecular weight is 396 g/mol. The summed E-state index contributed by atoms with van der Waals surface area (Å²) in [7, 11) is -0.624. The van der Waals surface area contributed by atoms with Crippen molar-refractivity contribution < 1.29 is 18.8 Å². The Labute approximate surface area is 166 Å². The van der Waals surface area contributed by atoms with Gasteiger partial charge in [0.05, 0.1) is 11.2 Å². The molecule has 0 spiro atoms. The Bertz CT molecular complexity index is 698. The summed E-state index contributed by atoms with van der Waals surface area (Å²) in [5, 5.41) is 2.91. The molecule has 0 saturated carbocycles. The number of aromatic nitrogens is 2. The number of carbonyl (C=O) groups excluding carboxylic acids is 1. The van der Waals surface area contributed by atoms with E-state index < -0.39 is 30.0 Å². The third-order valence-electron chi connectivity index (χ3n) is 4.38. The summed E-state index contributed by atoms with van der Waals surface area (Å²) in [6.45, 7) is 13.5. The SMILES string of the molecule is CC(C)(C)OC(=O)NCC(=Cc1cnc(Cl)nc1)B1OC(C)(C)C(C)(C)O1. The van der Waals surface area contributed by atoms with Gasteiger partial charge in [-0.2, -0.15) is 0 Å².